The van der Waals surface area contributed by atoms with E-state index in [9.17, 15) is 4.79 Å². The highest BCUT2D eigenvalue weighted by Crippen LogP contribution is 2.18. The lowest BCUT2D eigenvalue weighted by molar-refractivity contribution is -0.114. The van der Waals surface area contributed by atoms with E-state index in [1.807, 2.05) is 54.6 Å². The molecule has 0 aliphatic heterocycles. The predicted octanol–water partition coefficient (Wildman–Crippen LogP) is 4.35. The summed E-state index contributed by atoms with van der Waals surface area (Å²) >= 11 is 0. The molecule has 3 N–H and O–H groups in total. The third-order valence-corrected chi connectivity index (χ3v) is 3.70. The number of anilines is 4. The van der Waals surface area contributed by atoms with E-state index in [0.717, 1.165) is 22.7 Å². The van der Waals surface area contributed by atoms with Crippen molar-refractivity contribution in [1.29, 1.82) is 5.26 Å². The van der Waals surface area contributed by atoms with E-state index in [4.69, 9.17) is 5.26 Å². The van der Waals surface area contributed by atoms with E-state index in [1.54, 1.807) is 24.3 Å². The van der Waals surface area contributed by atoms with E-state index < -0.39 is 0 Å². The average molecular weight is 342 g/mol. The van der Waals surface area contributed by atoms with Crippen molar-refractivity contribution < 1.29 is 4.79 Å². The Balaban J connectivity index is 1.50. The van der Waals surface area contributed by atoms with Gasteiger partial charge in [-0.3, -0.25) is 4.79 Å². The van der Waals surface area contributed by atoms with Crippen molar-refractivity contribution in [2.45, 2.75) is 0 Å². The van der Waals surface area contributed by atoms with Crippen LogP contribution in [0.3, 0.4) is 0 Å². The molecule has 5 nitrogen and oxygen atoms in total. The lowest BCUT2D eigenvalue weighted by atomic mass is 10.2. The Labute approximate surface area is 152 Å². The Morgan fingerprint density at radius 2 is 1.35 bits per heavy atom. The van der Waals surface area contributed by atoms with Gasteiger partial charge in [0.1, 0.15) is 0 Å². The van der Waals surface area contributed by atoms with Gasteiger partial charge in [0.05, 0.1) is 18.2 Å². The second-order valence-electron chi connectivity index (χ2n) is 5.66. The molecule has 0 aromatic heterocycles. The maximum atomic E-state index is 12.0. The zero-order chi connectivity index (χ0) is 18.2. The molecule has 0 radical (unpaired) electrons. The highest BCUT2D eigenvalue weighted by molar-refractivity contribution is 5.93. The van der Waals surface area contributed by atoms with E-state index in [2.05, 4.69) is 22.0 Å². The number of amides is 1. The fourth-order valence-corrected chi connectivity index (χ4v) is 2.38. The van der Waals surface area contributed by atoms with Gasteiger partial charge in [0.15, 0.2) is 0 Å². The molecular formula is C21H18N4O. The third-order valence-electron chi connectivity index (χ3n) is 3.70. The maximum absolute atomic E-state index is 12.0. The van der Waals surface area contributed by atoms with Gasteiger partial charge in [-0.15, -0.1) is 0 Å². The van der Waals surface area contributed by atoms with Crippen LogP contribution < -0.4 is 16.0 Å². The van der Waals surface area contributed by atoms with Crippen LogP contribution in [0.5, 0.6) is 0 Å². The molecule has 0 atom stereocenters. The van der Waals surface area contributed by atoms with Gasteiger partial charge in [0, 0.05) is 22.7 Å². The van der Waals surface area contributed by atoms with Gasteiger partial charge in [0.25, 0.3) is 0 Å². The zero-order valence-corrected chi connectivity index (χ0v) is 14.1. The highest BCUT2D eigenvalue weighted by Gasteiger charge is 2.03. The standard InChI is InChI=1S/C21H18N4O/c22-14-16-6-8-17(9-7-16)23-15-21(26)25-20-12-10-19(11-13-20)24-18-4-2-1-3-5-18/h1-13,23-24H,15H2,(H,25,26). The molecule has 0 fully saturated rings. The second-order valence-corrected chi connectivity index (χ2v) is 5.66. The Bertz CT molecular complexity index is 897. The molecule has 0 saturated heterocycles. The molecule has 1 amide bonds. The van der Waals surface area contributed by atoms with Crippen molar-refractivity contribution in [2.24, 2.45) is 0 Å². The van der Waals surface area contributed by atoms with Gasteiger partial charge in [-0.25, -0.2) is 0 Å². The minimum absolute atomic E-state index is 0.141. The Morgan fingerprint density at radius 3 is 2.00 bits per heavy atom. The van der Waals surface area contributed by atoms with Crippen molar-refractivity contribution in [1.82, 2.24) is 0 Å². The molecule has 128 valence electrons. The first-order valence-electron chi connectivity index (χ1n) is 8.19. The number of carbonyl (C=O) groups is 1. The number of benzene rings is 3. The lowest BCUT2D eigenvalue weighted by Crippen LogP contribution is -2.21. The van der Waals surface area contributed by atoms with Crippen molar-refractivity contribution in [3.8, 4) is 6.07 Å². The normalized spacial score (nSPS) is 9.81. The van der Waals surface area contributed by atoms with E-state index in [1.165, 1.54) is 0 Å². The molecule has 0 bridgehead atoms. The number of hydrogen-bond acceptors (Lipinski definition) is 4. The summed E-state index contributed by atoms with van der Waals surface area (Å²) < 4.78 is 0. The van der Waals surface area contributed by atoms with Gasteiger partial charge < -0.3 is 16.0 Å². The molecule has 3 rings (SSSR count). The SMILES string of the molecule is N#Cc1ccc(NCC(=O)Nc2ccc(Nc3ccccc3)cc2)cc1. The number of carbonyl (C=O) groups excluding carboxylic acids is 1. The number of nitrogens with one attached hydrogen (secondary N) is 3. The predicted molar refractivity (Wildman–Crippen MR) is 104 cm³/mol. The molecule has 3 aromatic rings. The van der Waals surface area contributed by atoms with Crippen LogP contribution in [-0.4, -0.2) is 12.5 Å². The lowest BCUT2D eigenvalue weighted by Gasteiger charge is -2.10. The Hall–Kier alpha value is -3.78. The van der Waals surface area contributed by atoms with Crippen molar-refractivity contribution in [3.63, 3.8) is 0 Å². The summed E-state index contributed by atoms with van der Waals surface area (Å²) in [6, 6.07) is 26.4. The quantitative estimate of drug-likeness (QED) is 0.622. The average Bonchev–Trinajstić information content (AvgIpc) is 2.69. The van der Waals surface area contributed by atoms with Crippen LogP contribution in [0.15, 0.2) is 78.9 Å². The summed E-state index contributed by atoms with van der Waals surface area (Å²) in [4.78, 5) is 12.0. The van der Waals surface area contributed by atoms with Gasteiger partial charge in [-0.2, -0.15) is 5.26 Å². The smallest absolute Gasteiger partial charge is 0.243 e. The monoisotopic (exact) mass is 342 g/mol. The summed E-state index contributed by atoms with van der Waals surface area (Å²) in [7, 11) is 0. The maximum Gasteiger partial charge on any atom is 0.243 e. The number of para-hydroxylation sites is 1. The topological polar surface area (TPSA) is 77.0 Å². The summed E-state index contributed by atoms with van der Waals surface area (Å²) in [5.41, 5.74) is 4.07. The molecule has 3 aromatic carbocycles. The van der Waals surface area contributed by atoms with Gasteiger partial charge in [-0.05, 0) is 60.7 Å². The van der Waals surface area contributed by atoms with Gasteiger partial charge in [-0.1, -0.05) is 18.2 Å². The fraction of sp³-hybridized carbons (Fsp3) is 0.0476. The molecule has 0 spiro atoms. The van der Waals surface area contributed by atoms with Crippen LogP contribution in [-0.2, 0) is 4.79 Å². The number of hydrogen-bond donors (Lipinski definition) is 3. The number of nitriles is 1. The molecule has 0 heterocycles. The van der Waals surface area contributed by atoms with Crippen LogP contribution in [0.25, 0.3) is 0 Å². The van der Waals surface area contributed by atoms with Crippen LogP contribution >= 0.6 is 0 Å². The fourth-order valence-electron chi connectivity index (χ4n) is 2.38. The highest BCUT2D eigenvalue weighted by atomic mass is 16.1. The number of rotatable bonds is 6. The molecule has 0 saturated carbocycles. The molecular weight excluding hydrogens is 324 g/mol. The van der Waals surface area contributed by atoms with Crippen molar-refractivity contribution in [2.75, 3.05) is 22.5 Å². The number of nitrogens with zero attached hydrogens (tertiary/aromatic N) is 1. The van der Waals surface area contributed by atoms with Crippen LogP contribution in [0.4, 0.5) is 22.7 Å². The molecule has 5 heteroatoms. The minimum Gasteiger partial charge on any atom is -0.376 e. The van der Waals surface area contributed by atoms with Crippen molar-refractivity contribution in [3.05, 3.63) is 84.4 Å². The Kier molecular flexibility index (Phi) is 5.48. The summed E-state index contributed by atoms with van der Waals surface area (Å²) in [5, 5.41) is 17.9. The first-order chi connectivity index (χ1) is 12.7. The van der Waals surface area contributed by atoms with E-state index >= 15 is 0 Å². The van der Waals surface area contributed by atoms with E-state index in [-0.39, 0.29) is 12.5 Å². The summed E-state index contributed by atoms with van der Waals surface area (Å²) in [5.74, 6) is -0.141. The van der Waals surface area contributed by atoms with Crippen LogP contribution in [0.2, 0.25) is 0 Å². The van der Waals surface area contributed by atoms with Crippen LogP contribution in [0.1, 0.15) is 5.56 Å². The Morgan fingerprint density at radius 1 is 0.769 bits per heavy atom. The van der Waals surface area contributed by atoms with E-state index in [0.29, 0.717) is 5.56 Å². The minimum atomic E-state index is -0.141. The van der Waals surface area contributed by atoms with Crippen molar-refractivity contribution >= 4 is 28.7 Å². The molecule has 0 unspecified atom stereocenters. The molecule has 0 aliphatic rings. The van der Waals surface area contributed by atoms with Crippen LogP contribution in [0, 0.1) is 11.3 Å². The molecule has 0 aliphatic carbocycles. The van der Waals surface area contributed by atoms with Gasteiger partial charge in [0.2, 0.25) is 5.91 Å². The largest absolute Gasteiger partial charge is 0.376 e. The zero-order valence-electron chi connectivity index (χ0n) is 14.1. The van der Waals surface area contributed by atoms with Gasteiger partial charge >= 0.3 is 0 Å². The summed E-state index contributed by atoms with van der Waals surface area (Å²) in [6.45, 7) is 0.149. The first-order valence-corrected chi connectivity index (χ1v) is 8.19. The summed E-state index contributed by atoms with van der Waals surface area (Å²) in [6.07, 6.45) is 0. The first kappa shape index (κ1) is 17.1. The second kappa shape index (κ2) is 8.36. The molecule has 26 heavy (non-hydrogen) atoms. The third kappa shape index (κ3) is 4.86.